The van der Waals surface area contributed by atoms with Gasteiger partial charge in [0.1, 0.15) is 5.82 Å². The molecule has 1 amide bonds. The van der Waals surface area contributed by atoms with Gasteiger partial charge in [-0.25, -0.2) is 4.98 Å². The molecule has 2 N–H and O–H groups in total. The van der Waals surface area contributed by atoms with E-state index >= 15 is 0 Å². The highest BCUT2D eigenvalue weighted by Crippen LogP contribution is 2.11. The van der Waals surface area contributed by atoms with Gasteiger partial charge >= 0.3 is 0 Å². The highest BCUT2D eigenvalue weighted by Gasteiger charge is 2.11. The van der Waals surface area contributed by atoms with Gasteiger partial charge in [0.2, 0.25) is 0 Å². The van der Waals surface area contributed by atoms with E-state index in [2.05, 4.69) is 29.0 Å². The summed E-state index contributed by atoms with van der Waals surface area (Å²) < 4.78 is 0. The highest BCUT2D eigenvalue weighted by atomic mass is 16.3. The molecule has 1 aromatic heterocycles. The first-order valence-electron chi connectivity index (χ1n) is 7.65. The molecular weight excluding hydrogens is 266 g/mol. The maximum atomic E-state index is 12.0. The summed E-state index contributed by atoms with van der Waals surface area (Å²) >= 11 is 0. The van der Waals surface area contributed by atoms with E-state index in [-0.39, 0.29) is 17.9 Å². The lowest BCUT2D eigenvalue weighted by molar-refractivity contribution is 0.0939. The predicted molar refractivity (Wildman–Crippen MR) is 85.6 cm³/mol. The summed E-state index contributed by atoms with van der Waals surface area (Å²) in [6.07, 6.45) is 1.95. The largest absolute Gasteiger partial charge is 0.393 e. The molecule has 21 heavy (non-hydrogen) atoms. The third-order valence-corrected chi connectivity index (χ3v) is 3.45. The number of pyridine rings is 1. The molecule has 0 spiro atoms. The Hall–Kier alpha value is -1.62. The Morgan fingerprint density at radius 3 is 2.48 bits per heavy atom. The summed E-state index contributed by atoms with van der Waals surface area (Å²) in [5.74, 6) is 1.02. The average molecular weight is 293 g/mol. The lowest BCUT2D eigenvalue weighted by Crippen LogP contribution is -2.29. The van der Waals surface area contributed by atoms with Crippen molar-refractivity contribution in [1.82, 2.24) is 10.3 Å². The number of anilines is 1. The van der Waals surface area contributed by atoms with Crippen LogP contribution in [-0.4, -0.2) is 41.7 Å². The van der Waals surface area contributed by atoms with E-state index in [4.69, 9.17) is 0 Å². The van der Waals surface area contributed by atoms with Crippen LogP contribution in [0, 0.1) is 5.92 Å². The molecule has 0 aliphatic rings. The number of nitrogens with zero attached hydrogens (tertiary/aromatic N) is 2. The van der Waals surface area contributed by atoms with Crippen LogP contribution in [0.2, 0.25) is 0 Å². The number of rotatable bonds is 8. The van der Waals surface area contributed by atoms with Gasteiger partial charge < -0.3 is 15.3 Å². The molecule has 2 unspecified atom stereocenters. The third kappa shape index (κ3) is 5.71. The number of aliphatic hydroxyl groups is 1. The van der Waals surface area contributed by atoms with Gasteiger partial charge in [-0.05, 0) is 45.2 Å². The van der Waals surface area contributed by atoms with Crippen LogP contribution >= 0.6 is 0 Å². The monoisotopic (exact) mass is 293 g/mol. The molecule has 1 aromatic rings. The van der Waals surface area contributed by atoms with Crippen molar-refractivity contribution in [2.24, 2.45) is 5.92 Å². The Bertz CT molecular complexity index is 428. The molecule has 0 aromatic carbocycles. The average Bonchev–Trinajstić information content (AvgIpc) is 2.46. The number of amides is 1. The summed E-state index contributed by atoms with van der Waals surface area (Å²) in [6, 6.07) is 3.68. The van der Waals surface area contributed by atoms with Crippen molar-refractivity contribution >= 4 is 11.7 Å². The lowest BCUT2D eigenvalue weighted by atomic mass is 10.0. The van der Waals surface area contributed by atoms with Gasteiger partial charge in [-0.2, -0.15) is 0 Å². The third-order valence-electron chi connectivity index (χ3n) is 3.45. The Morgan fingerprint density at radius 2 is 2.00 bits per heavy atom. The van der Waals surface area contributed by atoms with Crippen molar-refractivity contribution in [3.05, 3.63) is 23.9 Å². The maximum Gasteiger partial charge on any atom is 0.252 e. The molecule has 0 saturated carbocycles. The molecule has 2 atom stereocenters. The van der Waals surface area contributed by atoms with Crippen molar-refractivity contribution in [3.63, 3.8) is 0 Å². The van der Waals surface area contributed by atoms with Gasteiger partial charge in [-0.15, -0.1) is 0 Å². The second kappa shape index (κ2) is 8.62. The number of hydrogen-bond donors (Lipinski definition) is 2. The molecule has 0 aliphatic heterocycles. The van der Waals surface area contributed by atoms with Crippen LogP contribution in [0.5, 0.6) is 0 Å². The van der Waals surface area contributed by atoms with E-state index in [9.17, 15) is 9.90 Å². The summed E-state index contributed by atoms with van der Waals surface area (Å²) in [5.41, 5.74) is 0.565. The molecule has 5 nitrogen and oxygen atoms in total. The van der Waals surface area contributed by atoms with Crippen LogP contribution in [0.1, 0.15) is 44.5 Å². The van der Waals surface area contributed by atoms with E-state index in [1.54, 1.807) is 19.2 Å². The molecule has 1 heterocycles. The summed E-state index contributed by atoms with van der Waals surface area (Å²) in [4.78, 5) is 18.5. The van der Waals surface area contributed by atoms with Crippen molar-refractivity contribution < 1.29 is 9.90 Å². The van der Waals surface area contributed by atoms with Crippen LogP contribution in [0.4, 0.5) is 5.82 Å². The number of nitrogens with one attached hydrogen (secondary N) is 1. The fraction of sp³-hybridized carbons (Fsp3) is 0.625. The summed E-state index contributed by atoms with van der Waals surface area (Å²) in [7, 11) is 0. The first-order valence-corrected chi connectivity index (χ1v) is 7.65. The fourth-order valence-corrected chi connectivity index (χ4v) is 2.29. The van der Waals surface area contributed by atoms with Crippen LogP contribution in [0.3, 0.4) is 0 Å². The number of carbonyl (C=O) groups is 1. The van der Waals surface area contributed by atoms with Crippen molar-refractivity contribution in [2.45, 2.75) is 40.2 Å². The van der Waals surface area contributed by atoms with Crippen LogP contribution < -0.4 is 10.2 Å². The smallest absolute Gasteiger partial charge is 0.252 e. The van der Waals surface area contributed by atoms with Crippen molar-refractivity contribution in [1.29, 1.82) is 0 Å². The van der Waals surface area contributed by atoms with E-state index in [0.29, 0.717) is 18.5 Å². The van der Waals surface area contributed by atoms with Gasteiger partial charge in [-0.1, -0.05) is 6.92 Å². The van der Waals surface area contributed by atoms with Gasteiger partial charge in [0.25, 0.3) is 5.91 Å². The van der Waals surface area contributed by atoms with Gasteiger partial charge in [0, 0.05) is 25.8 Å². The SMILES string of the molecule is CCN(CC)c1ccc(C(=O)NCC(C)CC(C)O)cn1. The zero-order valence-electron chi connectivity index (χ0n) is 13.5. The van der Waals surface area contributed by atoms with E-state index < -0.39 is 0 Å². The minimum absolute atomic E-state index is 0.119. The van der Waals surface area contributed by atoms with E-state index in [1.807, 2.05) is 13.0 Å². The topological polar surface area (TPSA) is 65.5 Å². The second-order valence-electron chi connectivity index (χ2n) is 5.48. The highest BCUT2D eigenvalue weighted by molar-refractivity contribution is 5.94. The first-order chi connectivity index (χ1) is 9.97. The molecule has 1 rings (SSSR count). The predicted octanol–water partition coefficient (Wildman–Crippen LogP) is 2.06. The molecule has 0 fully saturated rings. The van der Waals surface area contributed by atoms with Crippen LogP contribution in [0.25, 0.3) is 0 Å². The summed E-state index contributed by atoms with van der Waals surface area (Å²) in [5, 5.41) is 12.2. The maximum absolute atomic E-state index is 12.0. The molecule has 0 bridgehead atoms. The minimum Gasteiger partial charge on any atom is -0.393 e. The minimum atomic E-state index is -0.341. The quantitative estimate of drug-likeness (QED) is 0.770. The van der Waals surface area contributed by atoms with Crippen LogP contribution in [-0.2, 0) is 0 Å². The van der Waals surface area contributed by atoms with E-state index in [0.717, 1.165) is 18.9 Å². The van der Waals surface area contributed by atoms with Gasteiger partial charge in [-0.3, -0.25) is 4.79 Å². The lowest BCUT2D eigenvalue weighted by Gasteiger charge is -2.19. The standard InChI is InChI=1S/C16H27N3O2/c1-5-19(6-2)15-8-7-14(11-17-15)16(21)18-10-12(3)9-13(4)20/h7-8,11-13,20H,5-6,9-10H2,1-4H3,(H,18,21). The molecule has 0 aliphatic carbocycles. The Balaban J connectivity index is 2.55. The van der Waals surface area contributed by atoms with Crippen molar-refractivity contribution in [3.8, 4) is 0 Å². The second-order valence-corrected chi connectivity index (χ2v) is 5.48. The molecule has 118 valence electrons. The zero-order chi connectivity index (χ0) is 15.8. The van der Waals surface area contributed by atoms with E-state index in [1.165, 1.54) is 0 Å². The van der Waals surface area contributed by atoms with Gasteiger partial charge in [0.05, 0.1) is 11.7 Å². The van der Waals surface area contributed by atoms with Crippen molar-refractivity contribution in [2.75, 3.05) is 24.5 Å². The Kier molecular flexibility index (Phi) is 7.15. The number of aliphatic hydroxyl groups excluding tert-OH is 1. The number of aromatic nitrogens is 1. The number of hydrogen-bond acceptors (Lipinski definition) is 4. The molecule has 5 heteroatoms. The molecular formula is C16H27N3O2. The molecule has 0 radical (unpaired) electrons. The Labute approximate surface area is 127 Å². The number of carbonyl (C=O) groups excluding carboxylic acids is 1. The van der Waals surface area contributed by atoms with Crippen LogP contribution in [0.15, 0.2) is 18.3 Å². The van der Waals surface area contributed by atoms with Gasteiger partial charge in [0.15, 0.2) is 0 Å². The normalized spacial score (nSPS) is 13.6. The fourth-order valence-electron chi connectivity index (χ4n) is 2.29. The summed E-state index contributed by atoms with van der Waals surface area (Å²) in [6.45, 7) is 10.3. The Morgan fingerprint density at radius 1 is 1.33 bits per heavy atom. The zero-order valence-corrected chi connectivity index (χ0v) is 13.5. The molecule has 0 saturated heterocycles. The first kappa shape index (κ1) is 17.4.